The number of benzene rings is 6. The van der Waals surface area contributed by atoms with Gasteiger partial charge < -0.3 is 49.0 Å². The Morgan fingerprint density at radius 2 is 0.882 bits per heavy atom. The summed E-state index contributed by atoms with van der Waals surface area (Å²) >= 11 is 18.9. The Morgan fingerprint density at radius 1 is 0.482 bits per heavy atom. The maximum absolute atomic E-state index is 13.8. The molecule has 7 aromatic rings. The van der Waals surface area contributed by atoms with Crippen molar-refractivity contribution in [3.05, 3.63) is 212 Å². The molecule has 10 rings (SSSR count). The second-order valence-electron chi connectivity index (χ2n) is 20.0. The Bertz CT molecular complexity index is 3540. The number of hydrogen-bond acceptors (Lipinski definition) is 11. The maximum atomic E-state index is 13.8. The molecule has 3 saturated heterocycles. The van der Waals surface area contributed by atoms with Crippen LogP contribution in [0.5, 0.6) is 17.2 Å². The highest BCUT2D eigenvalue weighted by Gasteiger charge is 2.45. The minimum atomic E-state index is -1.10. The van der Waals surface area contributed by atoms with Crippen molar-refractivity contribution in [2.24, 2.45) is 0 Å². The SMILES string of the molecule is COCCOc1cc(OC)cc(C(=O)N2[C@@H](c3ccccc3Cl)CC[C@H]2C(=O)O)c1.COc1cc(F)cc(C(=O)N2[C@@H](c3ccccc3Cl)CC[C@H]2C(=O)O)c1.O=C(O)[C@@H]1CC[C@H](c2ccccc2Cl)N1C(=O)c1ccc(-c2ccccc2)nc1. The van der Waals surface area contributed by atoms with Crippen molar-refractivity contribution < 1.29 is 67.4 Å². The highest BCUT2D eigenvalue weighted by molar-refractivity contribution is 6.32. The van der Waals surface area contributed by atoms with Crippen molar-refractivity contribution in [1.29, 1.82) is 0 Å². The fraction of sp³-hybridized carbons (Fsp3) is 0.266. The maximum Gasteiger partial charge on any atom is 0.326 e. The molecule has 0 unspecified atom stereocenters. The van der Waals surface area contributed by atoms with E-state index in [2.05, 4.69) is 4.98 Å². The number of pyridine rings is 1. The molecule has 4 heterocycles. The van der Waals surface area contributed by atoms with Crippen molar-refractivity contribution in [3.8, 4) is 28.5 Å². The third-order valence-electron chi connectivity index (χ3n) is 14.9. The van der Waals surface area contributed by atoms with Crippen LogP contribution in [0.3, 0.4) is 0 Å². The van der Waals surface area contributed by atoms with Gasteiger partial charge >= 0.3 is 17.9 Å². The topological polar surface area (TPSA) is 223 Å². The second-order valence-corrected chi connectivity index (χ2v) is 21.2. The predicted octanol–water partition coefficient (Wildman–Crippen LogP) is 12.6. The molecule has 0 radical (unpaired) electrons. The average Bonchev–Trinajstić information content (AvgIpc) is 2.24. The van der Waals surface area contributed by atoms with Crippen LogP contribution in [-0.2, 0) is 19.1 Å². The van der Waals surface area contributed by atoms with Gasteiger partial charge in [0, 0.05) is 57.2 Å². The fourth-order valence-electron chi connectivity index (χ4n) is 10.9. The van der Waals surface area contributed by atoms with Gasteiger partial charge in [-0.15, -0.1) is 0 Å². The Balaban J connectivity index is 0.000000166. The first kappa shape index (κ1) is 62.5. The van der Waals surface area contributed by atoms with Crippen LogP contribution in [0.4, 0.5) is 4.39 Å². The van der Waals surface area contributed by atoms with Crippen LogP contribution >= 0.6 is 34.8 Å². The van der Waals surface area contributed by atoms with E-state index in [1.165, 1.54) is 41.2 Å². The zero-order valence-electron chi connectivity index (χ0n) is 46.4. The van der Waals surface area contributed by atoms with Gasteiger partial charge in [-0.05, 0) is 110 Å². The van der Waals surface area contributed by atoms with Crippen molar-refractivity contribution in [3.63, 3.8) is 0 Å². The number of methoxy groups -OCH3 is 3. The molecule has 6 atom stereocenters. The first-order valence-electron chi connectivity index (χ1n) is 27.0. The van der Waals surface area contributed by atoms with Gasteiger partial charge in [-0.25, -0.2) is 18.8 Å². The predicted molar refractivity (Wildman–Crippen MR) is 316 cm³/mol. The van der Waals surface area contributed by atoms with E-state index in [9.17, 15) is 48.5 Å². The lowest BCUT2D eigenvalue weighted by Crippen LogP contribution is -2.42. The van der Waals surface area contributed by atoms with Crippen LogP contribution in [0.15, 0.2) is 158 Å². The van der Waals surface area contributed by atoms with Crippen molar-refractivity contribution >= 4 is 70.4 Å². The van der Waals surface area contributed by atoms with Gasteiger partial charge in [0.05, 0.1) is 50.2 Å². The Labute approximate surface area is 505 Å². The molecule has 3 aliphatic heterocycles. The van der Waals surface area contributed by atoms with Crippen molar-refractivity contribution in [2.45, 2.75) is 74.8 Å². The molecule has 3 aliphatic rings. The van der Waals surface area contributed by atoms with Crippen LogP contribution in [0.2, 0.25) is 15.1 Å². The summed E-state index contributed by atoms with van der Waals surface area (Å²) in [6.07, 6.45) is 4.04. The molecule has 6 aromatic carbocycles. The van der Waals surface area contributed by atoms with Gasteiger partial charge in [0.2, 0.25) is 0 Å². The van der Waals surface area contributed by atoms with Crippen LogP contribution in [0.1, 0.15) is 104 Å². The zero-order chi connectivity index (χ0) is 60.9. The average molecular weight is 1220 g/mol. The van der Waals surface area contributed by atoms with Gasteiger partial charge in [-0.1, -0.05) is 120 Å². The number of hydrogen-bond donors (Lipinski definition) is 3. The van der Waals surface area contributed by atoms with E-state index in [-0.39, 0.29) is 28.8 Å². The minimum Gasteiger partial charge on any atom is -0.497 e. The number of carboxylic acid groups (broad SMARTS) is 3. The summed E-state index contributed by atoms with van der Waals surface area (Å²) in [6.45, 7) is 0.698. The summed E-state index contributed by atoms with van der Waals surface area (Å²) in [4.78, 5) is 83.7. The van der Waals surface area contributed by atoms with Crippen LogP contribution in [-0.4, -0.2) is 123 Å². The summed E-state index contributed by atoms with van der Waals surface area (Å²) in [6, 6.07) is 38.9. The number of rotatable bonds is 16. The van der Waals surface area contributed by atoms with Gasteiger partial charge in [0.1, 0.15) is 47.8 Å². The lowest BCUT2D eigenvalue weighted by atomic mass is 10.0. The molecule has 3 fully saturated rings. The number of halogens is 4. The Morgan fingerprint density at radius 3 is 1.28 bits per heavy atom. The fourth-order valence-corrected chi connectivity index (χ4v) is 11.6. The molecule has 0 aliphatic carbocycles. The molecule has 0 saturated carbocycles. The molecular weight excluding hydrogens is 1160 g/mol. The molecule has 3 N–H and O–H groups in total. The standard InChI is InChI=1S/C23H19ClN2O3.C22H24ClNO6.C19H17ClFNO4/c24-18-9-5-4-8-17(18)20-12-13-21(23(28)29)26(20)22(27)16-10-11-19(25-14-16)15-6-2-1-3-7-15;1-28-9-10-30-16-12-14(11-15(13-16)29-2)21(25)24-19(7-8-20(24)22(26)27)17-5-3-4-6-18(17)23;1-26-13-9-11(8-12(21)10-13)18(23)22-16(6-7-17(22)19(24)25)14-4-2-3-5-15(14)20/h1-11,14,20-21H,12-13H2,(H,28,29);3-6,11-13,19-20H,7-10H2,1-2H3,(H,26,27);2-5,8-10,16-17H,6-7H2,1H3,(H,24,25)/t20-,21+;19-,20+;16-,17+/m111/s1. The lowest BCUT2D eigenvalue weighted by Gasteiger charge is -2.29. The molecule has 3 amide bonds. The number of amides is 3. The number of aromatic nitrogens is 1. The van der Waals surface area contributed by atoms with E-state index in [1.807, 2.05) is 60.7 Å². The highest BCUT2D eigenvalue weighted by Crippen LogP contribution is 2.44. The summed E-state index contributed by atoms with van der Waals surface area (Å²) in [5, 5.41) is 30.4. The second kappa shape index (κ2) is 28.8. The number of ether oxygens (including phenoxy) is 4. The Hall–Kier alpha value is -8.55. The van der Waals surface area contributed by atoms with E-state index in [4.69, 9.17) is 53.8 Å². The van der Waals surface area contributed by atoms with E-state index < -0.39 is 65.7 Å². The van der Waals surface area contributed by atoms with E-state index in [1.54, 1.807) is 79.9 Å². The third-order valence-corrected chi connectivity index (χ3v) is 15.9. The van der Waals surface area contributed by atoms with Crippen LogP contribution < -0.4 is 14.2 Å². The highest BCUT2D eigenvalue weighted by atomic mass is 35.5. The molecule has 21 heteroatoms. The number of nitrogens with zero attached hydrogens (tertiary/aromatic N) is 4. The smallest absolute Gasteiger partial charge is 0.326 e. The number of aliphatic carboxylic acids is 3. The summed E-state index contributed by atoms with van der Waals surface area (Å²) in [5.74, 6) is -4.06. The number of carboxylic acids is 3. The largest absolute Gasteiger partial charge is 0.497 e. The monoisotopic (exact) mass is 1220 g/mol. The van der Waals surface area contributed by atoms with E-state index >= 15 is 0 Å². The Kier molecular flexibility index (Phi) is 21.2. The first-order chi connectivity index (χ1) is 40.9. The van der Waals surface area contributed by atoms with Gasteiger partial charge in [-0.2, -0.15) is 0 Å². The van der Waals surface area contributed by atoms with E-state index in [0.29, 0.717) is 89.4 Å². The number of carbonyl (C=O) groups is 6. The quantitative estimate of drug-likeness (QED) is 0.0766. The molecule has 0 bridgehead atoms. The van der Waals surface area contributed by atoms with Crippen molar-refractivity contribution in [2.75, 3.05) is 34.5 Å². The van der Waals surface area contributed by atoms with Gasteiger partial charge in [-0.3, -0.25) is 19.4 Å². The molecule has 17 nitrogen and oxygen atoms in total. The third kappa shape index (κ3) is 14.7. The van der Waals surface area contributed by atoms with Crippen LogP contribution in [0, 0.1) is 5.82 Å². The lowest BCUT2D eigenvalue weighted by molar-refractivity contribution is -0.142. The molecule has 0 spiro atoms. The van der Waals surface area contributed by atoms with E-state index in [0.717, 1.165) is 34.5 Å². The minimum absolute atomic E-state index is 0.0343. The molecule has 85 heavy (non-hydrogen) atoms. The summed E-state index contributed by atoms with van der Waals surface area (Å²) in [7, 11) is 4.43. The number of carbonyl (C=O) groups excluding carboxylic acids is 3. The zero-order valence-corrected chi connectivity index (χ0v) is 48.6. The van der Waals surface area contributed by atoms with Crippen molar-refractivity contribution in [1.82, 2.24) is 19.7 Å². The summed E-state index contributed by atoms with van der Waals surface area (Å²) < 4.78 is 34.7. The van der Waals surface area contributed by atoms with Crippen LogP contribution in [0.25, 0.3) is 11.3 Å². The van der Waals surface area contributed by atoms with Gasteiger partial charge in [0.25, 0.3) is 17.7 Å². The molecule has 442 valence electrons. The van der Waals surface area contributed by atoms with Gasteiger partial charge in [0.15, 0.2) is 0 Å². The molecular formula is C64H60Cl3FN4O13. The molecule has 1 aromatic heterocycles. The normalized spacial score (nSPS) is 18.7. The number of likely N-dealkylation sites (tertiary alicyclic amines) is 3. The summed E-state index contributed by atoms with van der Waals surface area (Å²) in [5.41, 5.74) is 4.55. The first-order valence-corrected chi connectivity index (χ1v) is 28.1.